The third kappa shape index (κ3) is 1.56. The van der Waals surface area contributed by atoms with Crippen LogP contribution in [0.25, 0.3) is 0 Å². The SMILES string of the molecule is C[C@H]1CS(=O)(=O)CCC1=O. The molecule has 1 rings (SSSR count). The zero-order valence-electron chi connectivity index (χ0n) is 5.83. The largest absolute Gasteiger partial charge is 0.299 e. The van der Waals surface area contributed by atoms with Crippen molar-refractivity contribution in [3.8, 4) is 0 Å². The Morgan fingerprint density at radius 1 is 1.50 bits per heavy atom. The summed E-state index contributed by atoms with van der Waals surface area (Å²) in [4.78, 5) is 10.8. The lowest BCUT2D eigenvalue weighted by Gasteiger charge is -2.15. The summed E-state index contributed by atoms with van der Waals surface area (Å²) in [5, 5.41) is 0. The maximum atomic E-state index is 10.9. The Bertz CT molecular complexity index is 240. The average molecular weight is 162 g/mol. The van der Waals surface area contributed by atoms with Gasteiger partial charge in [0, 0.05) is 12.3 Å². The summed E-state index contributed by atoms with van der Waals surface area (Å²) < 4.78 is 21.7. The molecule has 1 aliphatic rings. The number of hydrogen-bond donors (Lipinski definition) is 0. The van der Waals surface area contributed by atoms with E-state index >= 15 is 0 Å². The fourth-order valence-electron chi connectivity index (χ4n) is 1.06. The van der Waals surface area contributed by atoms with Gasteiger partial charge in [0.25, 0.3) is 0 Å². The van der Waals surface area contributed by atoms with Crippen molar-refractivity contribution in [1.82, 2.24) is 0 Å². The van der Waals surface area contributed by atoms with Gasteiger partial charge in [-0.15, -0.1) is 0 Å². The van der Waals surface area contributed by atoms with E-state index in [1.165, 1.54) is 0 Å². The average Bonchev–Trinajstić information content (AvgIpc) is 1.79. The molecule has 58 valence electrons. The van der Waals surface area contributed by atoms with Crippen LogP contribution in [0.15, 0.2) is 0 Å². The molecule has 0 aromatic carbocycles. The first-order valence-corrected chi connectivity index (χ1v) is 5.06. The minimum absolute atomic E-state index is 0.0475. The quantitative estimate of drug-likeness (QED) is 0.504. The third-order valence-corrected chi connectivity index (χ3v) is 3.55. The zero-order chi connectivity index (χ0) is 7.78. The van der Waals surface area contributed by atoms with Crippen LogP contribution >= 0.6 is 0 Å². The Labute approximate surface area is 60.3 Å². The first-order chi connectivity index (χ1) is 4.51. The molecule has 1 atom stereocenters. The van der Waals surface area contributed by atoms with Crippen molar-refractivity contribution in [3.05, 3.63) is 0 Å². The van der Waals surface area contributed by atoms with Crippen molar-refractivity contribution in [2.45, 2.75) is 13.3 Å². The highest BCUT2D eigenvalue weighted by molar-refractivity contribution is 7.91. The Morgan fingerprint density at radius 2 is 2.10 bits per heavy atom. The molecule has 0 aromatic rings. The first-order valence-electron chi connectivity index (χ1n) is 3.24. The highest BCUT2D eigenvalue weighted by atomic mass is 32.2. The molecule has 0 spiro atoms. The van der Waals surface area contributed by atoms with Crippen molar-refractivity contribution in [1.29, 1.82) is 0 Å². The van der Waals surface area contributed by atoms with Crippen LogP contribution in [0.2, 0.25) is 0 Å². The van der Waals surface area contributed by atoms with Crippen LogP contribution in [0, 0.1) is 5.92 Å². The summed E-state index contributed by atoms with van der Waals surface area (Å²) in [6.07, 6.45) is 0.212. The van der Waals surface area contributed by atoms with E-state index in [9.17, 15) is 13.2 Å². The second-order valence-corrected chi connectivity index (χ2v) is 4.96. The van der Waals surface area contributed by atoms with Gasteiger partial charge in [-0.3, -0.25) is 4.79 Å². The molecule has 0 aliphatic carbocycles. The second-order valence-electron chi connectivity index (χ2n) is 2.73. The molecule has 10 heavy (non-hydrogen) atoms. The predicted molar refractivity (Wildman–Crippen MR) is 37.4 cm³/mol. The number of carbonyl (C=O) groups excluding carboxylic acids is 1. The van der Waals surface area contributed by atoms with Crippen LogP contribution < -0.4 is 0 Å². The second kappa shape index (κ2) is 2.34. The van der Waals surface area contributed by atoms with Crippen molar-refractivity contribution in [2.75, 3.05) is 11.5 Å². The molecule has 0 saturated carbocycles. The maximum Gasteiger partial charge on any atom is 0.151 e. The number of hydrogen-bond acceptors (Lipinski definition) is 3. The van der Waals surface area contributed by atoms with E-state index in [1.54, 1.807) is 6.92 Å². The zero-order valence-corrected chi connectivity index (χ0v) is 6.65. The van der Waals surface area contributed by atoms with Gasteiger partial charge in [-0.05, 0) is 0 Å². The molecule has 0 bridgehead atoms. The van der Waals surface area contributed by atoms with E-state index in [0.717, 1.165) is 0 Å². The molecule has 1 fully saturated rings. The van der Waals surface area contributed by atoms with Crippen molar-refractivity contribution >= 4 is 15.6 Å². The fraction of sp³-hybridized carbons (Fsp3) is 0.833. The summed E-state index contributed by atoms with van der Waals surface area (Å²) in [7, 11) is -2.89. The summed E-state index contributed by atoms with van der Waals surface area (Å²) >= 11 is 0. The molecule has 1 heterocycles. The van der Waals surface area contributed by atoms with Gasteiger partial charge in [0.2, 0.25) is 0 Å². The van der Waals surface area contributed by atoms with Crippen LogP contribution in [-0.2, 0) is 14.6 Å². The normalized spacial score (nSPS) is 32.1. The summed E-state index contributed by atoms with van der Waals surface area (Å²) in [6, 6.07) is 0. The lowest BCUT2D eigenvalue weighted by molar-refractivity contribution is -0.121. The molecular formula is C6H10O3S. The van der Waals surface area contributed by atoms with Gasteiger partial charge in [0.1, 0.15) is 5.78 Å². The molecule has 0 radical (unpaired) electrons. The number of sulfone groups is 1. The number of ketones is 1. The number of rotatable bonds is 0. The fourth-order valence-corrected chi connectivity index (χ4v) is 2.69. The van der Waals surface area contributed by atoms with Crippen molar-refractivity contribution < 1.29 is 13.2 Å². The minimum Gasteiger partial charge on any atom is -0.299 e. The Balaban J connectivity index is 2.76. The minimum atomic E-state index is -2.89. The number of carbonyl (C=O) groups is 1. The summed E-state index contributed by atoms with van der Waals surface area (Å²) in [5.74, 6) is -0.101. The highest BCUT2D eigenvalue weighted by Crippen LogP contribution is 2.13. The molecule has 1 aliphatic heterocycles. The van der Waals surface area contributed by atoms with Crippen molar-refractivity contribution in [3.63, 3.8) is 0 Å². The smallest absolute Gasteiger partial charge is 0.151 e. The van der Waals surface area contributed by atoms with E-state index < -0.39 is 9.84 Å². The lowest BCUT2D eigenvalue weighted by Crippen LogP contribution is -2.30. The predicted octanol–water partition coefficient (Wildman–Crippen LogP) is 0.0101. The van der Waals surface area contributed by atoms with Crippen LogP contribution in [0.1, 0.15) is 13.3 Å². The van der Waals surface area contributed by atoms with Crippen LogP contribution in [0.5, 0.6) is 0 Å². The van der Waals surface area contributed by atoms with E-state index in [0.29, 0.717) is 0 Å². The van der Waals surface area contributed by atoms with Gasteiger partial charge in [-0.2, -0.15) is 0 Å². The van der Waals surface area contributed by atoms with E-state index in [-0.39, 0.29) is 29.6 Å². The molecular weight excluding hydrogens is 152 g/mol. The monoisotopic (exact) mass is 162 g/mol. The Kier molecular flexibility index (Phi) is 1.81. The van der Waals surface area contributed by atoms with Crippen LogP contribution in [-0.4, -0.2) is 25.7 Å². The Hall–Kier alpha value is -0.380. The number of Topliss-reactive ketones (excluding diaryl/α,β-unsaturated/α-hetero) is 1. The molecule has 4 heteroatoms. The van der Waals surface area contributed by atoms with Gasteiger partial charge in [-0.1, -0.05) is 6.92 Å². The summed E-state index contributed by atoms with van der Waals surface area (Å²) in [5.41, 5.74) is 0. The molecule has 1 saturated heterocycles. The Morgan fingerprint density at radius 3 is 2.50 bits per heavy atom. The van der Waals surface area contributed by atoms with E-state index in [4.69, 9.17) is 0 Å². The van der Waals surface area contributed by atoms with Gasteiger partial charge >= 0.3 is 0 Å². The molecule has 3 nitrogen and oxygen atoms in total. The molecule has 0 aromatic heterocycles. The highest BCUT2D eigenvalue weighted by Gasteiger charge is 2.27. The standard InChI is InChI=1S/C6H10O3S/c1-5-4-10(8,9)3-2-6(5)7/h5H,2-4H2,1H3/t5-/m0/s1. The lowest BCUT2D eigenvalue weighted by atomic mass is 10.1. The van der Waals surface area contributed by atoms with Gasteiger partial charge in [-0.25, -0.2) is 8.42 Å². The molecule has 0 amide bonds. The first kappa shape index (κ1) is 7.72. The topological polar surface area (TPSA) is 51.2 Å². The summed E-state index contributed by atoms with van der Waals surface area (Å²) in [6.45, 7) is 1.67. The van der Waals surface area contributed by atoms with E-state index in [1.807, 2.05) is 0 Å². The van der Waals surface area contributed by atoms with Crippen molar-refractivity contribution in [2.24, 2.45) is 5.92 Å². The third-order valence-electron chi connectivity index (χ3n) is 1.71. The molecule has 0 unspecified atom stereocenters. The van der Waals surface area contributed by atoms with Gasteiger partial charge in [0.05, 0.1) is 11.5 Å². The van der Waals surface area contributed by atoms with E-state index in [2.05, 4.69) is 0 Å². The maximum absolute atomic E-state index is 10.9. The van der Waals surface area contributed by atoms with Gasteiger partial charge in [0.15, 0.2) is 9.84 Å². The van der Waals surface area contributed by atoms with Crippen LogP contribution in [0.3, 0.4) is 0 Å². The molecule has 0 N–H and O–H groups in total. The van der Waals surface area contributed by atoms with Gasteiger partial charge < -0.3 is 0 Å². The van der Waals surface area contributed by atoms with Crippen LogP contribution in [0.4, 0.5) is 0 Å².